The van der Waals surface area contributed by atoms with Crippen LogP contribution in [0.5, 0.6) is 0 Å². The molecular formula is C17H20N2O. The summed E-state index contributed by atoms with van der Waals surface area (Å²) in [7, 11) is 1.93. The van der Waals surface area contributed by atoms with Crippen molar-refractivity contribution >= 4 is 11.6 Å². The lowest BCUT2D eigenvalue weighted by Crippen LogP contribution is -2.14. The summed E-state index contributed by atoms with van der Waals surface area (Å²) >= 11 is 0. The molecule has 2 N–H and O–H groups in total. The quantitative estimate of drug-likeness (QED) is 0.890. The van der Waals surface area contributed by atoms with Gasteiger partial charge in [0.1, 0.15) is 0 Å². The van der Waals surface area contributed by atoms with E-state index in [1.807, 2.05) is 62.5 Å². The van der Waals surface area contributed by atoms with Crippen molar-refractivity contribution in [3.8, 4) is 0 Å². The number of rotatable bonds is 4. The standard InChI is InChI=1S/C17H20N2O/c1-12-6-4-5-7-16(12)17(20)19-15-10-8-14(9-11-15)13(2)18-3/h4-11,13,18H,1-3H3,(H,19,20). The second kappa shape index (κ2) is 6.35. The first-order valence-electron chi connectivity index (χ1n) is 6.76. The maximum Gasteiger partial charge on any atom is 0.255 e. The Morgan fingerprint density at radius 1 is 1.05 bits per heavy atom. The number of carbonyl (C=O) groups is 1. The highest BCUT2D eigenvalue weighted by molar-refractivity contribution is 6.05. The molecule has 0 saturated heterocycles. The SMILES string of the molecule is CNC(C)c1ccc(NC(=O)c2ccccc2C)cc1. The van der Waals surface area contributed by atoms with Crippen LogP contribution >= 0.6 is 0 Å². The summed E-state index contributed by atoms with van der Waals surface area (Å²) in [6.45, 7) is 4.04. The summed E-state index contributed by atoms with van der Waals surface area (Å²) in [5, 5.41) is 6.11. The second-order valence-corrected chi connectivity index (χ2v) is 4.90. The molecule has 0 saturated carbocycles. The third-order valence-electron chi connectivity index (χ3n) is 3.49. The minimum Gasteiger partial charge on any atom is -0.322 e. The zero-order valence-electron chi connectivity index (χ0n) is 12.1. The van der Waals surface area contributed by atoms with Crippen LogP contribution in [-0.2, 0) is 0 Å². The highest BCUT2D eigenvalue weighted by atomic mass is 16.1. The Hall–Kier alpha value is -2.13. The van der Waals surface area contributed by atoms with E-state index in [4.69, 9.17) is 0 Å². The molecule has 3 nitrogen and oxygen atoms in total. The molecule has 2 rings (SSSR count). The van der Waals surface area contributed by atoms with Gasteiger partial charge in [0.05, 0.1) is 0 Å². The normalized spacial score (nSPS) is 11.9. The van der Waals surface area contributed by atoms with Gasteiger partial charge in [-0.2, -0.15) is 0 Å². The van der Waals surface area contributed by atoms with E-state index in [0.29, 0.717) is 11.6 Å². The van der Waals surface area contributed by atoms with Gasteiger partial charge >= 0.3 is 0 Å². The Morgan fingerprint density at radius 3 is 2.30 bits per heavy atom. The smallest absolute Gasteiger partial charge is 0.255 e. The highest BCUT2D eigenvalue weighted by Gasteiger charge is 2.08. The topological polar surface area (TPSA) is 41.1 Å². The highest BCUT2D eigenvalue weighted by Crippen LogP contribution is 2.17. The summed E-state index contributed by atoms with van der Waals surface area (Å²) in [6.07, 6.45) is 0. The number of amides is 1. The molecule has 0 aliphatic rings. The molecule has 0 radical (unpaired) electrons. The van der Waals surface area contributed by atoms with Crippen molar-refractivity contribution in [3.05, 3.63) is 65.2 Å². The van der Waals surface area contributed by atoms with Crippen molar-refractivity contribution in [2.75, 3.05) is 12.4 Å². The van der Waals surface area contributed by atoms with Crippen LogP contribution in [0.4, 0.5) is 5.69 Å². The van der Waals surface area contributed by atoms with Gasteiger partial charge in [-0.1, -0.05) is 30.3 Å². The zero-order valence-corrected chi connectivity index (χ0v) is 12.1. The molecule has 0 fully saturated rings. The Bertz CT molecular complexity index is 590. The average Bonchev–Trinajstić information content (AvgIpc) is 2.47. The molecule has 0 aromatic heterocycles. The van der Waals surface area contributed by atoms with Gasteiger partial charge in [0.2, 0.25) is 0 Å². The minimum atomic E-state index is -0.0717. The molecule has 3 heteroatoms. The molecule has 104 valence electrons. The van der Waals surface area contributed by atoms with E-state index < -0.39 is 0 Å². The van der Waals surface area contributed by atoms with Gasteiger partial charge in [0.25, 0.3) is 5.91 Å². The molecule has 0 spiro atoms. The van der Waals surface area contributed by atoms with Crippen LogP contribution < -0.4 is 10.6 Å². The van der Waals surface area contributed by atoms with Gasteiger partial charge in [-0.05, 0) is 50.2 Å². The minimum absolute atomic E-state index is 0.0717. The largest absolute Gasteiger partial charge is 0.322 e. The van der Waals surface area contributed by atoms with Crippen molar-refractivity contribution in [2.45, 2.75) is 19.9 Å². The molecule has 0 aliphatic heterocycles. The summed E-state index contributed by atoms with van der Waals surface area (Å²) in [5.41, 5.74) is 3.69. The van der Waals surface area contributed by atoms with Crippen LogP contribution in [0.15, 0.2) is 48.5 Å². The van der Waals surface area contributed by atoms with Crippen molar-refractivity contribution < 1.29 is 4.79 Å². The van der Waals surface area contributed by atoms with E-state index in [-0.39, 0.29) is 5.91 Å². The fourth-order valence-corrected chi connectivity index (χ4v) is 2.05. The maximum atomic E-state index is 12.2. The Labute approximate surface area is 120 Å². The molecule has 0 heterocycles. The summed E-state index contributed by atoms with van der Waals surface area (Å²) < 4.78 is 0. The van der Waals surface area contributed by atoms with Gasteiger partial charge in [-0.3, -0.25) is 4.79 Å². The summed E-state index contributed by atoms with van der Waals surface area (Å²) in [5.74, 6) is -0.0717. The fraction of sp³-hybridized carbons (Fsp3) is 0.235. The van der Waals surface area contributed by atoms with Gasteiger partial charge < -0.3 is 10.6 Å². The maximum absolute atomic E-state index is 12.2. The Morgan fingerprint density at radius 2 is 1.70 bits per heavy atom. The molecule has 1 atom stereocenters. The van der Waals surface area contributed by atoms with E-state index in [0.717, 1.165) is 11.3 Å². The van der Waals surface area contributed by atoms with Gasteiger partial charge in [0, 0.05) is 17.3 Å². The van der Waals surface area contributed by atoms with Gasteiger partial charge in [-0.15, -0.1) is 0 Å². The fourth-order valence-electron chi connectivity index (χ4n) is 2.05. The Kier molecular flexibility index (Phi) is 4.53. The van der Waals surface area contributed by atoms with E-state index in [2.05, 4.69) is 17.6 Å². The van der Waals surface area contributed by atoms with Crippen LogP contribution in [0.25, 0.3) is 0 Å². The molecule has 1 amide bonds. The van der Waals surface area contributed by atoms with E-state index in [1.165, 1.54) is 5.56 Å². The van der Waals surface area contributed by atoms with Crippen molar-refractivity contribution in [2.24, 2.45) is 0 Å². The molecule has 1 unspecified atom stereocenters. The molecular weight excluding hydrogens is 248 g/mol. The predicted octanol–water partition coefficient (Wildman–Crippen LogP) is 3.53. The molecule has 0 bridgehead atoms. The first kappa shape index (κ1) is 14.3. The number of hydrogen-bond acceptors (Lipinski definition) is 2. The molecule has 0 aliphatic carbocycles. The summed E-state index contributed by atoms with van der Waals surface area (Å²) in [4.78, 5) is 12.2. The van der Waals surface area contributed by atoms with E-state index >= 15 is 0 Å². The van der Waals surface area contributed by atoms with Crippen molar-refractivity contribution in [3.63, 3.8) is 0 Å². The van der Waals surface area contributed by atoms with Crippen LogP contribution in [-0.4, -0.2) is 13.0 Å². The van der Waals surface area contributed by atoms with Crippen LogP contribution in [0.2, 0.25) is 0 Å². The van der Waals surface area contributed by atoms with Gasteiger partial charge in [-0.25, -0.2) is 0 Å². The lowest BCUT2D eigenvalue weighted by molar-refractivity contribution is 0.102. The van der Waals surface area contributed by atoms with Crippen LogP contribution in [0, 0.1) is 6.92 Å². The number of anilines is 1. The first-order valence-corrected chi connectivity index (χ1v) is 6.76. The molecule has 2 aromatic carbocycles. The predicted molar refractivity (Wildman–Crippen MR) is 83.0 cm³/mol. The lowest BCUT2D eigenvalue weighted by atomic mass is 10.1. The zero-order chi connectivity index (χ0) is 14.5. The third-order valence-corrected chi connectivity index (χ3v) is 3.49. The number of carbonyl (C=O) groups excluding carboxylic acids is 1. The lowest BCUT2D eigenvalue weighted by Gasteiger charge is -2.12. The van der Waals surface area contributed by atoms with E-state index in [1.54, 1.807) is 0 Å². The average molecular weight is 268 g/mol. The first-order chi connectivity index (χ1) is 9.61. The third kappa shape index (κ3) is 3.25. The molecule has 2 aromatic rings. The number of benzene rings is 2. The van der Waals surface area contributed by atoms with Crippen molar-refractivity contribution in [1.82, 2.24) is 5.32 Å². The molecule has 20 heavy (non-hydrogen) atoms. The number of aryl methyl sites for hydroxylation is 1. The Balaban J connectivity index is 2.11. The monoisotopic (exact) mass is 268 g/mol. The second-order valence-electron chi connectivity index (χ2n) is 4.90. The van der Waals surface area contributed by atoms with Crippen LogP contribution in [0.1, 0.15) is 34.5 Å². The number of nitrogens with one attached hydrogen (secondary N) is 2. The van der Waals surface area contributed by atoms with Gasteiger partial charge in [0.15, 0.2) is 0 Å². The summed E-state index contributed by atoms with van der Waals surface area (Å²) in [6, 6.07) is 15.8. The van der Waals surface area contributed by atoms with Crippen LogP contribution in [0.3, 0.4) is 0 Å². The number of hydrogen-bond donors (Lipinski definition) is 2. The van der Waals surface area contributed by atoms with E-state index in [9.17, 15) is 4.79 Å². The van der Waals surface area contributed by atoms with Crippen molar-refractivity contribution in [1.29, 1.82) is 0 Å².